The zero-order chi connectivity index (χ0) is 16.8. The number of ether oxygens (including phenoxy) is 1. The summed E-state index contributed by atoms with van der Waals surface area (Å²) < 4.78 is 10.5. The Kier molecular flexibility index (Phi) is 4.86. The van der Waals surface area contributed by atoms with Crippen molar-refractivity contribution in [2.75, 3.05) is 11.9 Å². The molecule has 0 saturated carbocycles. The normalized spacial score (nSPS) is 10.4. The number of amides is 1. The van der Waals surface area contributed by atoms with Gasteiger partial charge in [0.15, 0.2) is 5.82 Å². The summed E-state index contributed by atoms with van der Waals surface area (Å²) >= 11 is 0. The molecule has 0 bridgehead atoms. The smallest absolute Gasteiger partial charge is 0.230 e. The Morgan fingerprint density at radius 1 is 1.21 bits per heavy atom. The van der Waals surface area contributed by atoms with Gasteiger partial charge in [0, 0.05) is 18.0 Å². The van der Waals surface area contributed by atoms with E-state index in [-0.39, 0.29) is 12.3 Å². The second-order valence-corrected chi connectivity index (χ2v) is 5.08. The van der Waals surface area contributed by atoms with Gasteiger partial charge < -0.3 is 14.6 Å². The predicted molar refractivity (Wildman–Crippen MR) is 89.7 cm³/mol. The molecule has 1 N–H and O–H groups in total. The molecule has 6 heteroatoms. The van der Waals surface area contributed by atoms with Crippen LogP contribution in [0.15, 0.2) is 59.6 Å². The van der Waals surface area contributed by atoms with Crippen LogP contribution >= 0.6 is 0 Å². The van der Waals surface area contributed by atoms with Crippen molar-refractivity contribution < 1.29 is 14.1 Å². The average Bonchev–Trinajstić information content (AvgIpc) is 3.05. The van der Waals surface area contributed by atoms with Gasteiger partial charge >= 0.3 is 0 Å². The first kappa shape index (κ1) is 15.7. The van der Waals surface area contributed by atoms with Crippen LogP contribution in [0.2, 0.25) is 0 Å². The molecule has 0 saturated heterocycles. The van der Waals surface area contributed by atoms with Gasteiger partial charge in [-0.15, -0.1) is 0 Å². The summed E-state index contributed by atoms with van der Waals surface area (Å²) in [5.41, 5.74) is 2.41. The highest BCUT2D eigenvalue weighted by Crippen LogP contribution is 2.26. The number of pyridine rings is 1. The van der Waals surface area contributed by atoms with E-state index in [1.807, 2.05) is 43.3 Å². The zero-order valence-corrected chi connectivity index (χ0v) is 13.2. The second kappa shape index (κ2) is 7.41. The van der Waals surface area contributed by atoms with Gasteiger partial charge in [-0.3, -0.25) is 9.78 Å². The highest BCUT2D eigenvalue weighted by molar-refractivity contribution is 5.95. The first-order chi connectivity index (χ1) is 11.8. The van der Waals surface area contributed by atoms with Gasteiger partial charge in [-0.1, -0.05) is 23.4 Å². The van der Waals surface area contributed by atoms with Gasteiger partial charge in [-0.05, 0) is 30.7 Å². The van der Waals surface area contributed by atoms with E-state index >= 15 is 0 Å². The number of para-hydroxylation sites is 1. The summed E-state index contributed by atoms with van der Waals surface area (Å²) in [5, 5.41) is 6.66. The van der Waals surface area contributed by atoms with Crippen molar-refractivity contribution in [1.82, 2.24) is 10.1 Å². The number of anilines is 1. The molecule has 0 aliphatic carbocycles. The highest BCUT2D eigenvalue weighted by atomic mass is 16.5. The van der Waals surface area contributed by atoms with Gasteiger partial charge in [0.1, 0.15) is 12.0 Å². The van der Waals surface area contributed by atoms with Crippen molar-refractivity contribution in [2.24, 2.45) is 0 Å². The van der Waals surface area contributed by atoms with Crippen LogP contribution in [0.3, 0.4) is 0 Å². The predicted octanol–water partition coefficient (Wildman–Crippen LogP) is 3.32. The molecule has 3 rings (SSSR count). The second-order valence-electron chi connectivity index (χ2n) is 5.08. The molecular weight excluding hydrogens is 306 g/mol. The van der Waals surface area contributed by atoms with Gasteiger partial charge in [0.05, 0.1) is 18.6 Å². The quantitative estimate of drug-likeness (QED) is 0.753. The van der Waals surface area contributed by atoms with Crippen LogP contribution in [0.25, 0.3) is 11.1 Å². The fourth-order valence-corrected chi connectivity index (χ4v) is 2.36. The van der Waals surface area contributed by atoms with Crippen molar-refractivity contribution in [3.8, 4) is 16.9 Å². The van der Waals surface area contributed by atoms with Crippen LogP contribution < -0.4 is 10.1 Å². The van der Waals surface area contributed by atoms with Crippen molar-refractivity contribution in [1.29, 1.82) is 0 Å². The summed E-state index contributed by atoms with van der Waals surface area (Å²) in [5.74, 6) is 0.913. The molecule has 122 valence electrons. The SMILES string of the molecule is CCOc1ccccc1CC(=O)Nc1nocc1-c1ccncc1. The lowest BCUT2D eigenvalue weighted by atomic mass is 10.1. The van der Waals surface area contributed by atoms with Crippen LogP contribution in [0.4, 0.5) is 5.82 Å². The molecule has 0 aliphatic rings. The highest BCUT2D eigenvalue weighted by Gasteiger charge is 2.14. The number of nitrogens with zero attached hydrogens (tertiary/aromatic N) is 2. The maximum absolute atomic E-state index is 12.4. The van der Waals surface area contributed by atoms with E-state index in [0.29, 0.717) is 23.7 Å². The molecule has 0 radical (unpaired) electrons. The van der Waals surface area contributed by atoms with Crippen molar-refractivity contribution in [3.05, 3.63) is 60.6 Å². The molecule has 0 fully saturated rings. The molecule has 3 aromatic rings. The lowest BCUT2D eigenvalue weighted by molar-refractivity contribution is -0.115. The Balaban J connectivity index is 1.74. The van der Waals surface area contributed by atoms with Crippen molar-refractivity contribution in [2.45, 2.75) is 13.3 Å². The van der Waals surface area contributed by atoms with Crippen LogP contribution in [0.1, 0.15) is 12.5 Å². The monoisotopic (exact) mass is 323 g/mol. The fourth-order valence-electron chi connectivity index (χ4n) is 2.36. The maximum Gasteiger partial charge on any atom is 0.230 e. The number of nitrogens with one attached hydrogen (secondary N) is 1. The molecule has 2 aromatic heterocycles. The minimum absolute atomic E-state index is 0.189. The van der Waals surface area contributed by atoms with Gasteiger partial charge in [-0.2, -0.15) is 0 Å². The molecule has 2 heterocycles. The number of aromatic nitrogens is 2. The largest absolute Gasteiger partial charge is 0.494 e. The number of hydrogen-bond donors (Lipinski definition) is 1. The first-order valence-electron chi connectivity index (χ1n) is 7.63. The number of hydrogen-bond acceptors (Lipinski definition) is 5. The Morgan fingerprint density at radius 2 is 2.00 bits per heavy atom. The summed E-state index contributed by atoms with van der Waals surface area (Å²) in [6, 6.07) is 11.1. The van der Waals surface area contributed by atoms with E-state index in [1.165, 1.54) is 6.26 Å². The summed E-state index contributed by atoms with van der Waals surface area (Å²) in [7, 11) is 0. The molecular formula is C18H17N3O3. The molecule has 0 unspecified atom stereocenters. The number of carbonyl (C=O) groups is 1. The Labute approximate surface area is 139 Å². The van der Waals surface area contributed by atoms with E-state index in [1.54, 1.807) is 12.4 Å². The Morgan fingerprint density at radius 3 is 2.79 bits per heavy atom. The third-order valence-electron chi connectivity index (χ3n) is 3.44. The first-order valence-corrected chi connectivity index (χ1v) is 7.63. The fraction of sp³-hybridized carbons (Fsp3) is 0.167. The van der Waals surface area contributed by atoms with E-state index in [4.69, 9.17) is 9.26 Å². The third kappa shape index (κ3) is 3.60. The van der Waals surface area contributed by atoms with E-state index in [2.05, 4.69) is 15.5 Å². The average molecular weight is 323 g/mol. The molecule has 0 atom stereocenters. The molecule has 0 aliphatic heterocycles. The van der Waals surface area contributed by atoms with Crippen LogP contribution in [0.5, 0.6) is 5.75 Å². The van der Waals surface area contributed by atoms with Gasteiger partial charge in [0.2, 0.25) is 5.91 Å². The third-order valence-corrected chi connectivity index (χ3v) is 3.44. The molecule has 6 nitrogen and oxygen atoms in total. The zero-order valence-electron chi connectivity index (χ0n) is 13.2. The van der Waals surface area contributed by atoms with E-state index < -0.39 is 0 Å². The van der Waals surface area contributed by atoms with E-state index in [9.17, 15) is 4.79 Å². The lowest BCUT2D eigenvalue weighted by Crippen LogP contribution is -2.15. The van der Waals surface area contributed by atoms with Crippen molar-refractivity contribution >= 4 is 11.7 Å². The summed E-state index contributed by atoms with van der Waals surface area (Å²) in [6.07, 6.45) is 5.04. The van der Waals surface area contributed by atoms with Crippen LogP contribution in [0, 0.1) is 0 Å². The number of benzene rings is 1. The molecule has 0 spiro atoms. The Hall–Kier alpha value is -3.15. The van der Waals surface area contributed by atoms with Crippen LogP contribution in [-0.4, -0.2) is 22.7 Å². The molecule has 1 amide bonds. The van der Waals surface area contributed by atoms with E-state index in [0.717, 1.165) is 11.1 Å². The summed E-state index contributed by atoms with van der Waals surface area (Å²) in [4.78, 5) is 16.3. The van der Waals surface area contributed by atoms with Gasteiger partial charge in [-0.25, -0.2) is 0 Å². The standard InChI is InChI=1S/C18H17N3O3/c1-2-23-16-6-4-3-5-14(16)11-17(22)20-18-15(12-24-21-18)13-7-9-19-10-8-13/h3-10,12H,2,11H2,1H3,(H,20,21,22). The molecule has 24 heavy (non-hydrogen) atoms. The minimum atomic E-state index is -0.189. The number of rotatable bonds is 6. The van der Waals surface area contributed by atoms with Crippen molar-refractivity contribution in [3.63, 3.8) is 0 Å². The van der Waals surface area contributed by atoms with Crippen LogP contribution in [-0.2, 0) is 11.2 Å². The Bertz CT molecular complexity index is 815. The lowest BCUT2D eigenvalue weighted by Gasteiger charge is -2.09. The maximum atomic E-state index is 12.4. The summed E-state index contributed by atoms with van der Waals surface area (Å²) in [6.45, 7) is 2.46. The number of carbonyl (C=O) groups excluding carboxylic acids is 1. The minimum Gasteiger partial charge on any atom is -0.494 e. The topological polar surface area (TPSA) is 77.2 Å². The molecule has 1 aromatic carbocycles. The van der Waals surface area contributed by atoms with Gasteiger partial charge in [0.25, 0.3) is 0 Å².